The molecule has 3 heteroatoms. The third-order valence-corrected chi connectivity index (χ3v) is 5.33. The summed E-state index contributed by atoms with van der Waals surface area (Å²) in [5.74, 6) is 2.65. The van der Waals surface area contributed by atoms with Crippen molar-refractivity contribution >= 4 is 0 Å². The molecule has 0 N–H and O–H groups in total. The van der Waals surface area contributed by atoms with Crippen LogP contribution in [0.1, 0.15) is 37.8 Å². The molecule has 2 heterocycles. The van der Waals surface area contributed by atoms with Crippen LogP contribution in [-0.4, -0.2) is 23.0 Å². The minimum atomic E-state index is 0.739. The summed E-state index contributed by atoms with van der Waals surface area (Å²) >= 11 is 0. The first-order valence-electron chi connectivity index (χ1n) is 8.60. The molecule has 1 aliphatic heterocycles. The van der Waals surface area contributed by atoms with E-state index in [0.29, 0.717) is 0 Å². The van der Waals surface area contributed by atoms with Crippen LogP contribution in [0.25, 0.3) is 11.5 Å². The normalized spacial score (nSPS) is 25.8. The van der Waals surface area contributed by atoms with Gasteiger partial charge in [0.05, 0.1) is 5.69 Å². The molecule has 2 aromatic rings. The Morgan fingerprint density at radius 1 is 1.05 bits per heavy atom. The second kappa shape index (κ2) is 6.25. The minimum absolute atomic E-state index is 0.739. The third kappa shape index (κ3) is 2.95. The summed E-state index contributed by atoms with van der Waals surface area (Å²) in [4.78, 5) is 7.24. The molecule has 0 bridgehead atoms. The van der Waals surface area contributed by atoms with Gasteiger partial charge in [-0.1, -0.05) is 37.5 Å². The van der Waals surface area contributed by atoms with Crippen LogP contribution in [-0.2, 0) is 6.54 Å². The molecule has 0 amide bonds. The number of aromatic nitrogens is 1. The fourth-order valence-corrected chi connectivity index (χ4v) is 4.14. The molecule has 2 aliphatic rings. The fraction of sp³-hybridized carbons (Fsp3) is 0.526. The first kappa shape index (κ1) is 14.0. The van der Waals surface area contributed by atoms with E-state index in [1.165, 1.54) is 45.2 Å². The Kier molecular flexibility index (Phi) is 3.98. The number of likely N-dealkylation sites (tertiary alicyclic amines) is 1. The van der Waals surface area contributed by atoms with Crippen LogP contribution < -0.4 is 0 Å². The van der Waals surface area contributed by atoms with Crippen molar-refractivity contribution in [3.63, 3.8) is 0 Å². The summed E-state index contributed by atoms with van der Waals surface area (Å²) < 4.78 is 5.66. The highest BCUT2D eigenvalue weighted by Gasteiger charge is 2.31. The quantitative estimate of drug-likeness (QED) is 0.843. The van der Waals surface area contributed by atoms with E-state index >= 15 is 0 Å². The Bertz CT molecular complexity index is 607. The van der Waals surface area contributed by atoms with E-state index in [4.69, 9.17) is 4.42 Å². The van der Waals surface area contributed by atoms with Gasteiger partial charge in [-0.2, -0.15) is 0 Å². The van der Waals surface area contributed by atoms with Gasteiger partial charge in [-0.25, -0.2) is 4.98 Å². The maximum Gasteiger partial charge on any atom is 0.226 e. The molecule has 0 spiro atoms. The van der Waals surface area contributed by atoms with Crippen molar-refractivity contribution in [2.24, 2.45) is 11.8 Å². The van der Waals surface area contributed by atoms with Crippen molar-refractivity contribution in [1.82, 2.24) is 9.88 Å². The van der Waals surface area contributed by atoms with Crippen LogP contribution in [0.15, 0.2) is 41.0 Å². The minimum Gasteiger partial charge on any atom is -0.444 e. The summed E-state index contributed by atoms with van der Waals surface area (Å²) in [5, 5.41) is 0. The van der Waals surface area contributed by atoms with Gasteiger partial charge in [-0.15, -0.1) is 0 Å². The van der Waals surface area contributed by atoms with Crippen molar-refractivity contribution < 1.29 is 4.42 Å². The SMILES string of the molecule is c1ccc(-c2nc(CN3CCC4CCCCC4C3)co2)cc1. The van der Waals surface area contributed by atoms with E-state index in [2.05, 4.69) is 9.88 Å². The van der Waals surface area contributed by atoms with Crippen LogP contribution in [0.4, 0.5) is 0 Å². The average molecular weight is 296 g/mol. The molecule has 3 nitrogen and oxygen atoms in total. The van der Waals surface area contributed by atoms with E-state index in [0.717, 1.165) is 35.5 Å². The maximum atomic E-state index is 5.66. The number of nitrogens with zero attached hydrogens (tertiary/aromatic N) is 2. The summed E-state index contributed by atoms with van der Waals surface area (Å²) in [6.45, 7) is 3.40. The van der Waals surface area contributed by atoms with Crippen molar-refractivity contribution in [2.75, 3.05) is 13.1 Å². The van der Waals surface area contributed by atoms with E-state index in [9.17, 15) is 0 Å². The van der Waals surface area contributed by atoms with Crippen molar-refractivity contribution in [2.45, 2.75) is 38.6 Å². The third-order valence-electron chi connectivity index (χ3n) is 5.33. The van der Waals surface area contributed by atoms with Crippen LogP contribution >= 0.6 is 0 Å². The van der Waals surface area contributed by atoms with Crippen LogP contribution in [0.5, 0.6) is 0 Å². The van der Waals surface area contributed by atoms with E-state index in [1.54, 1.807) is 0 Å². The highest BCUT2D eigenvalue weighted by molar-refractivity contribution is 5.52. The van der Waals surface area contributed by atoms with Crippen molar-refractivity contribution in [3.05, 3.63) is 42.3 Å². The van der Waals surface area contributed by atoms with E-state index < -0.39 is 0 Å². The predicted octanol–water partition coefficient (Wildman–Crippen LogP) is 4.35. The Labute approximate surface area is 132 Å². The highest BCUT2D eigenvalue weighted by Crippen LogP contribution is 2.36. The number of hydrogen-bond donors (Lipinski definition) is 0. The van der Waals surface area contributed by atoms with Gasteiger partial charge in [0.2, 0.25) is 5.89 Å². The number of benzene rings is 1. The second-order valence-electron chi connectivity index (χ2n) is 6.84. The first-order valence-corrected chi connectivity index (χ1v) is 8.60. The summed E-state index contributed by atoms with van der Waals surface area (Å²) in [6.07, 6.45) is 8.96. The lowest BCUT2D eigenvalue weighted by molar-refractivity contribution is 0.0812. The van der Waals surface area contributed by atoms with Gasteiger partial charge >= 0.3 is 0 Å². The first-order chi connectivity index (χ1) is 10.9. The van der Waals surface area contributed by atoms with Gasteiger partial charge in [-0.05, 0) is 43.4 Å². The number of fused-ring (bicyclic) bond motifs is 1. The zero-order valence-corrected chi connectivity index (χ0v) is 13.1. The van der Waals surface area contributed by atoms with Crippen LogP contribution in [0.3, 0.4) is 0 Å². The molecular formula is C19H24N2O. The number of rotatable bonds is 3. The molecular weight excluding hydrogens is 272 g/mol. The maximum absolute atomic E-state index is 5.66. The number of hydrogen-bond acceptors (Lipinski definition) is 3. The summed E-state index contributed by atoms with van der Waals surface area (Å²) in [6, 6.07) is 10.1. The standard InChI is InChI=1S/C19H24N2O/c1-2-7-16(8-3-1)19-20-18(14-22-19)13-21-11-10-15-6-4-5-9-17(15)12-21/h1-3,7-8,14-15,17H,4-6,9-13H2. The van der Waals surface area contributed by atoms with Gasteiger partial charge in [0.15, 0.2) is 0 Å². The number of piperidine rings is 1. The van der Waals surface area contributed by atoms with Gasteiger partial charge < -0.3 is 4.42 Å². The van der Waals surface area contributed by atoms with Gasteiger partial charge in [0.25, 0.3) is 0 Å². The molecule has 2 unspecified atom stereocenters. The summed E-state index contributed by atoms with van der Waals surface area (Å²) in [5.41, 5.74) is 2.12. The topological polar surface area (TPSA) is 29.3 Å². The number of oxazole rings is 1. The van der Waals surface area contributed by atoms with Crippen LogP contribution in [0.2, 0.25) is 0 Å². The van der Waals surface area contributed by atoms with E-state index in [1.807, 2.05) is 36.6 Å². The average Bonchev–Trinajstić information content (AvgIpc) is 3.04. The molecule has 2 atom stereocenters. The van der Waals surface area contributed by atoms with Crippen LogP contribution in [0, 0.1) is 11.8 Å². The lowest BCUT2D eigenvalue weighted by Crippen LogP contribution is -2.41. The van der Waals surface area contributed by atoms with Gasteiger partial charge in [0, 0.05) is 18.7 Å². The molecule has 1 saturated carbocycles. The lowest BCUT2D eigenvalue weighted by Gasteiger charge is -2.41. The Morgan fingerprint density at radius 2 is 1.86 bits per heavy atom. The Balaban J connectivity index is 1.40. The lowest BCUT2D eigenvalue weighted by atomic mass is 9.75. The van der Waals surface area contributed by atoms with Crippen molar-refractivity contribution in [1.29, 1.82) is 0 Å². The molecule has 4 rings (SSSR count). The zero-order valence-electron chi connectivity index (χ0n) is 13.1. The molecule has 1 saturated heterocycles. The monoisotopic (exact) mass is 296 g/mol. The fourth-order valence-electron chi connectivity index (χ4n) is 4.14. The van der Waals surface area contributed by atoms with Crippen molar-refractivity contribution in [3.8, 4) is 11.5 Å². The molecule has 0 radical (unpaired) electrons. The molecule has 2 fully saturated rings. The van der Waals surface area contributed by atoms with Gasteiger partial charge in [0.1, 0.15) is 6.26 Å². The largest absolute Gasteiger partial charge is 0.444 e. The highest BCUT2D eigenvalue weighted by atomic mass is 16.3. The van der Waals surface area contributed by atoms with Gasteiger partial charge in [-0.3, -0.25) is 4.90 Å². The smallest absolute Gasteiger partial charge is 0.226 e. The second-order valence-corrected chi connectivity index (χ2v) is 6.84. The summed E-state index contributed by atoms with van der Waals surface area (Å²) in [7, 11) is 0. The predicted molar refractivity (Wildman–Crippen MR) is 87.3 cm³/mol. The molecule has 1 aromatic carbocycles. The zero-order chi connectivity index (χ0) is 14.8. The Morgan fingerprint density at radius 3 is 2.73 bits per heavy atom. The molecule has 1 aliphatic carbocycles. The van der Waals surface area contributed by atoms with E-state index in [-0.39, 0.29) is 0 Å². The molecule has 1 aromatic heterocycles. The molecule has 116 valence electrons. The Hall–Kier alpha value is -1.61. The molecule has 22 heavy (non-hydrogen) atoms.